The quantitative estimate of drug-likeness (QED) is 0.531. The fraction of sp³-hybridized carbons (Fsp3) is 1.00. The van der Waals surface area contributed by atoms with E-state index in [2.05, 4.69) is 15.9 Å². The highest BCUT2D eigenvalue weighted by Crippen LogP contribution is 2.19. The molecule has 0 bridgehead atoms. The van der Waals surface area contributed by atoms with E-state index in [1.165, 1.54) is 0 Å². The van der Waals surface area contributed by atoms with Gasteiger partial charge in [-0.15, -0.1) is 0 Å². The van der Waals surface area contributed by atoms with Gasteiger partial charge in [0.15, 0.2) is 6.29 Å². The molecule has 9 heavy (non-hydrogen) atoms. The molecular weight excluding hydrogens is 188 g/mol. The van der Waals surface area contributed by atoms with Gasteiger partial charge in [0.2, 0.25) is 0 Å². The Labute approximate surface area is 61.8 Å². The highest BCUT2D eigenvalue weighted by atomic mass is 79.9. The van der Waals surface area contributed by atoms with E-state index in [0.29, 0.717) is 6.42 Å². The average Bonchev–Trinajstić information content (AvgIpc) is 1.80. The van der Waals surface area contributed by atoms with E-state index in [-0.39, 0.29) is 11.4 Å². The zero-order valence-electron chi connectivity index (χ0n) is 4.83. The Kier molecular flexibility index (Phi) is 2.46. The van der Waals surface area contributed by atoms with Crippen molar-refractivity contribution in [3.8, 4) is 0 Å². The van der Waals surface area contributed by atoms with Crippen molar-refractivity contribution in [2.24, 2.45) is 0 Å². The largest absolute Gasteiger partial charge is 0.391 e. The minimum absolute atomic E-state index is 0.124. The van der Waals surface area contributed by atoms with Gasteiger partial charge in [-0.25, -0.2) is 0 Å². The van der Waals surface area contributed by atoms with Crippen LogP contribution in [0.1, 0.15) is 6.42 Å². The Bertz CT molecular complexity index is 98.2. The first-order valence-electron chi connectivity index (χ1n) is 2.82. The van der Waals surface area contributed by atoms with Crippen molar-refractivity contribution in [1.82, 2.24) is 0 Å². The molecule has 1 saturated heterocycles. The summed E-state index contributed by atoms with van der Waals surface area (Å²) >= 11 is 3.16. The number of alkyl halides is 1. The third kappa shape index (κ3) is 1.89. The normalized spacial score (nSPS) is 45.0. The second kappa shape index (κ2) is 2.96. The van der Waals surface area contributed by atoms with E-state index < -0.39 is 12.4 Å². The van der Waals surface area contributed by atoms with Crippen LogP contribution in [0.4, 0.5) is 0 Å². The molecule has 1 heterocycles. The van der Waals surface area contributed by atoms with Crippen molar-refractivity contribution in [3.05, 3.63) is 0 Å². The fourth-order valence-electron chi connectivity index (χ4n) is 0.758. The monoisotopic (exact) mass is 196 g/mol. The van der Waals surface area contributed by atoms with Crippen LogP contribution >= 0.6 is 15.9 Å². The molecular formula is C5H9BrO3. The van der Waals surface area contributed by atoms with Gasteiger partial charge in [0, 0.05) is 0 Å². The van der Waals surface area contributed by atoms with Gasteiger partial charge in [0.1, 0.15) is 0 Å². The number of ether oxygens (including phenoxy) is 1. The van der Waals surface area contributed by atoms with Crippen molar-refractivity contribution in [2.45, 2.75) is 23.6 Å². The lowest BCUT2D eigenvalue weighted by molar-refractivity contribution is -0.149. The minimum atomic E-state index is -0.756. The number of hydrogen-bond donors (Lipinski definition) is 2. The van der Waals surface area contributed by atoms with E-state index in [1.54, 1.807) is 0 Å². The molecule has 2 N–H and O–H groups in total. The van der Waals surface area contributed by atoms with Crippen molar-refractivity contribution < 1.29 is 14.9 Å². The standard InChI is InChI=1S/C5H9BrO3/c6-4-1-3(7)2-9-5(4)8/h3-5,7-8H,1-2H2/t3-,4+,5+/m0/s1. The summed E-state index contributed by atoms with van der Waals surface area (Å²) in [6, 6.07) is 0. The van der Waals surface area contributed by atoms with Crippen LogP contribution < -0.4 is 0 Å². The summed E-state index contributed by atoms with van der Waals surface area (Å²) in [6.07, 6.45) is -0.632. The SMILES string of the molecule is O[C@@H]1CO[C@@H](O)[C@H](Br)C1. The molecule has 0 aromatic carbocycles. The first kappa shape index (κ1) is 7.47. The predicted octanol–water partition coefficient (Wildman–Crippen LogP) is -0.151. The summed E-state index contributed by atoms with van der Waals surface area (Å²) in [5.41, 5.74) is 0. The lowest BCUT2D eigenvalue weighted by Crippen LogP contribution is -2.37. The number of halogens is 1. The topological polar surface area (TPSA) is 49.7 Å². The van der Waals surface area contributed by atoms with Gasteiger partial charge in [0.25, 0.3) is 0 Å². The molecule has 1 fully saturated rings. The highest BCUT2D eigenvalue weighted by Gasteiger charge is 2.26. The molecule has 0 unspecified atom stereocenters. The molecule has 1 rings (SSSR count). The molecule has 0 radical (unpaired) electrons. The molecule has 4 heteroatoms. The van der Waals surface area contributed by atoms with Gasteiger partial charge in [-0.2, -0.15) is 0 Å². The molecule has 1 aliphatic rings. The summed E-state index contributed by atoms with van der Waals surface area (Å²) in [6.45, 7) is 0.239. The average molecular weight is 197 g/mol. The van der Waals surface area contributed by atoms with Gasteiger partial charge in [-0.1, -0.05) is 15.9 Å². The number of hydrogen-bond acceptors (Lipinski definition) is 3. The maximum atomic E-state index is 8.93. The maximum Gasteiger partial charge on any atom is 0.167 e. The number of aliphatic hydroxyl groups is 2. The van der Waals surface area contributed by atoms with Crippen molar-refractivity contribution >= 4 is 15.9 Å². The third-order valence-corrected chi connectivity index (χ3v) is 2.09. The molecule has 3 atom stereocenters. The lowest BCUT2D eigenvalue weighted by atomic mass is 10.1. The Morgan fingerprint density at radius 1 is 1.44 bits per heavy atom. The molecule has 3 nitrogen and oxygen atoms in total. The Morgan fingerprint density at radius 2 is 2.11 bits per heavy atom. The first-order valence-corrected chi connectivity index (χ1v) is 3.73. The molecule has 0 aliphatic carbocycles. The van der Waals surface area contributed by atoms with E-state index in [0.717, 1.165) is 0 Å². The smallest absolute Gasteiger partial charge is 0.167 e. The summed E-state index contributed by atoms with van der Waals surface area (Å²) in [5.74, 6) is 0. The van der Waals surface area contributed by atoms with Crippen LogP contribution in [-0.2, 0) is 4.74 Å². The van der Waals surface area contributed by atoms with Gasteiger partial charge < -0.3 is 14.9 Å². The number of aliphatic hydroxyl groups excluding tert-OH is 2. The van der Waals surface area contributed by atoms with E-state index in [4.69, 9.17) is 14.9 Å². The predicted molar refractivity (Wildman–Crippen MR) is 35.3 cm³/mol. The van der Waals surface area contributed by atoms with Crippen LogP contribution in [0.25, 0.3) is 0 Å². The zero-order valence-corrected chi connectivity index (χ0v) is 6.41. The van der Waals surface area contributed by atoms with Gasteiger partial charge in [-0.3, -0.25) is 0 Å². The lowest BCUT2D eigenvalue weighted by Gasteiger charge is -2.26. The first-order chi connectivity index (χ1) is 4.20. The fourth-order valence-corrected chi connectivity index (χ4v) is 1.34. The Hall–Kier alpha value is 0.360. The van der Waals surface area contributed by atoms with Crippen LogP contribution in [0.3, 0.4) is 0 Å². The summed E-state index contributed by atoms with van der Waals surface area (Å²) in [5, 5.41) is 17.8. The summed E-state index contributed by atoms with van der Waals surface area (Å²) in [4.78, 5) is -0.124. The van der Waals surface area contributed by atoms with Crippen molar-refractivity contribution in [3.63, 3.8) is 0 Å². The molecule has 54 valence electrons. The molecule has 0 spiro atoms. The van der Waals surface area contributed by atoms with E-state index >= 15 is 0 Å². The third-order valence-electron chi connectivity index (χ3n) is 1.27. The molecule has 0 aromatic heterocycles. The van der Waals surface area contributed by atoms with Crippen LogP contribution in [-0.4, -0.2) is 34.0 Å². The maximum absolute atomic E-state index is 8.93. The molecule has 0 aromatic rings. The molecule has 0 saturated carbocycles. The van der Waals surface area contributed by atoms with Gasteiger partial charge >= 0.3 is 0 Å². The number of rotatable bonds is 0. The van der Waals surface area contributed by atoms with E-state index in [9.17, 15) is 0 Å². The Morgan fingerprint density at radius 3 is 2.56 bits per heavy atom. The Balaban J connectivity index is 2.35. The van der Waals surface area contributed by atoms with E-state index in [1.807, 2.05) is 0 Å². The summed E-state index contributed by atoms with van der Waals surface area (Å²) in [7, 11) is 0. The van der Waals surface area contributed by atoms with Crippen LogP contribution in [0.15, 0.2) is 0 Å². The summed E-state index contributed by atoms with van der Waals surface area (Å²) < 4.78 is 4.76. The highest BCUT2D eigenvalue weighted by molar-refractivity contribution is 9.09. The van der Waals surface area contributed by atoms with Crippen molar-refractivity contribution in [2.75, 3.05) is 6.61 Å². The second-order valence-electron chi connectivity index (χ2n) is 2.13. The zero-order chi connectivity index (χ0) is 6.85. The van der Waals surface area contributed by atoms with Crippen LogP contribution in [0, 0.1) is 0 Å². The van der Waals surface area contributed by atoms with Gasteiger partial charge in [0.05, 0.1) is 17.5 Å². The van der Waals surface area contributed by atoms with Crippen molar-refractivity contribution in [1.29, 1.82) is 0 Å². The second-order valence-corrected chi connectivity index (χ2v) is 3.31. The van der Waals surface area contributed by atoms with Crippen LogP contribution in [0.2, 0.25) is 0 Å². The molecule has 0 amide bonds. The molecule has 1 aliphatic heterocycles. The van der Waals surface area contributed by atoms with Crippen LogP contribution in [0.5, 0.6) is 0 Å². The van der Waals surface area contributed by atoms with Gasteiger partial charge in [-0.05, 0) is 6.42 Å². The minimum Gasteiger partial charge on any atom is -0.391 e.